The lowest BCUT2D eigenvalue weighted by Crippen LogP contribution is -2.27. The van der Waals surface area contributed by atoms with Gasteiger partial charge in [-0.1, -0.05) is 38.1 Å². The van der Waals surface area contributed by atoms with Crippen LogP contribution in [0.3, 0.4) is 0 Å². The summed E-state index contributed by atoms with van der Waals surface area (Å²) in [4.78, 5) is 22.6. The summed E-state index contributed by atoms with van der Waals surface area (Å²) in [6, 6.07) is 8.10. The van der Waals surface area contributed by atoms with E-state index in [1.54, 1.807) is 0 Å². The van der Waals surface area contributed by atoms with Gasteiger partial charge >= 0.3 is 5.97 Å². The molecule has 0 saturated carbocycles. The fourth-order valence-corrected chi connectivity index (χ4v) is 1.92. The topological polar surface area (TPSA) is 55.4 Å². The summed E-state index contributed by atoms with van der Waals surface area (Å²) in [5.74, 6) is 0.233. The monoisotopic (exact) mass is 277 g/mol. The average molecular weight is 277 g/mol. The number of rotatable bonds is 7. The molecule has 1 rings (SSSR count). The Morgan fingerprint density at radius 2 is 1.75 bits per heavy atom. The van der Waals surface area contributed by atoms with Crippen LogP contribution >= 0.6 is 0 Å². The number of carbonyl (C=O) groups is 2. The lowest BCUT2D eigenvalue weighted by atomic mass is 10.0. The molecule has 1 aromatic rings. The maximum Gasteiger partial charge on any atom is 0.307 e. The number of amides is 1. The number of carbonyl (C=O) groups excluding carboxylic acids is 2. The summed E-state index contributed by atoms with van der Waals surface area (Å²) in [7, 11) is 1.34. The van der Waals surface area contributed by atoms with Crippen molar-refractivity contribution in [2.45, 2.75) is 33.1 Å². The molecule has 0 saturated heterocycles. The summed E-state index contributed by atoms with van der Waals surface area (Å²) >= 11 is 0. The fraction of sp³-hybridized carbons (Fsp3) is 0.500. The van der Waals surface area contributed by atoms with Crippen molar-refractivity contribution in [3.63, 3.8) is 0 Å². The zero-order valence-corrected chi connectivity index (χ0v) is 12.4. The highest BCUT2D eigenvalue weighted by molar-refractivity contribution is 5.79. The van der Waals surface area contributed by atoms with Gasteiger partial charge in [-0.25, -0.2) is 0 Å². The van der Waals surface area contributed by atoms with Gasteiger partial charge in [-0.3, -0.25) is 9.59 Å². The first kappa shape index (κ1) is 16.2. The molecule has 0 aromatic heterocycles. The van der Waals surface area contributed by atoms with Crippen LogP contribution in [0.15, 0.2) is 24.3 Å². The number of hydrogen-bond donors (Lipinski definition) is 1. The van der Waals surface area contributed by atoms with Gasteiger partial charge in [-0.2, -0.15) is 0 Å². The van der Waals surface area contributed by atoms with Gasteiger partial charge in [0.05, 0.1) is 20.0 Å². The van der Waals surface area contributed by atoms with E-state index in [0.717, 1.165) is 12.0 Å². The van der Waals surface area contributed by atoms with Crippen molar-refractivity contribution >= 4 is 11.9 Å². The first-order chi connectivity index (χ1) is 9.51. The fourth-order valence-electron chi connectivity index (χ4n) is 1.92. The largest absolute Gasteiger partial charge is 0.469 e. The van der Waals surface area contributed by atoms with Gasteiger partial charge in [0.1, 0.15) is 0 Å². The number of nitrogens with one attached hydrogen (secondary N) is 1. The van der Waals surface area contributed by atoms with Gasteiger partial charge in [-0.15, -0.1) is 0 Å². The SMILES string of the molecule is COC(=O)CCNC(=O)Cc1ccc(CC(C)C)cc1. The Hall–Kier alpha value is -1.84. The Kier molecular flexibility index (Phi) is 6.77. The highest BCUT2D eigenvalue weighted by Gasteiger charge is 2.05. The first-order valence-electron chi connectivity index (χ1n) is 6.92. The zero-order valence-electron chi connectivity index (χ0n) is 12.4. The van der Waals surface area contributed by atoms with Crippen LogP contribution in [0.5, 0.6) is 0 Å². The van der Waals surface area contributed by atoms with Crippen LogP contribution in [0.4, 0.5) is 0 Å². The zero-order chi connectivity index (χ0) is 15.0. The molecule has 0 aliphatic heterocycles. The smallest absolute Gasteiger partial charge is 0.307 e. The number of ether oxygens (including phenoxy) is 1. The molecule has 4 nitrogen and oxygen atoms in total. The molecule has 0 heterocycles. The summed E-state index contributed by atoms with van der Waals surface area (Å²) in [5, 5.41) is 2.70. The Labute approximate surface area is 120 Å². The van der Waals surface area contributed by atoms with Crippen LogP contribution in [0, 0.1) is 5.92 Å². The van der Waals surface area contributed by atoms with E-state index in [4.69, 9.17) is 0 Å². The van der Waals surface area contributed by atoms with Gasteiger partial charge in [0, 0.05) is 6.54 Å². The number of esters is 1. The summed E-state index contributed by atoms with van der Waals surface area (Å²) in [6.45, 7) is 4.68. The predicted octanol–water partition coefficient (Wildman–Crippen LogP) is 2.11. The molecule has 0 atom stereocenters. The summed E-state index contributed by atoms with van der Waals surface area (Å²) < 4.78 is 4.50. The van der Waals surface area contributed by atoms with E-state index in [2.05, 4.69) is 36.0 Å². The first-order valence-corrected chi connectivity index (χ1v) is 6.92. The highest BCUT2D eigenvalue weighted by atomic mass is 16.5. The van der Waals surface area contributed by atoms with Crippen LogP contribution < -0.4 is 5.32 Å². The van der Waals surface area contributed by atoms with E-state index in [0.29, 0.717) is 18.9 Å². The van der Waals surface area contributed by atoms with Crippen molar-refractivity contribution < 1.29 is 14.3 Å². The normalized spacial score (nSPS) is 10.4. The van der Waals surface area contributed by atoms with Gasteiger partial charge in [0.25, 0.3) is 0 Å². The van der Waals surface area contributed by atoms with Gasteiger partial charge in [0.15, 0.2) is 0 Å². The molecule has 1 aromatic carbocycles. The van der Waals surface area contributed by atoms with Gasteiger partial charge < -0.3 is 10.1 Å². The maximum absolute atomic E-state index is 11.7. The number of benzene rings is 1. The quantitative estimate of drug-likeness (QED) is 0.777. The molecule has 20 heavy (non-hydrogen) atoms. The third-order valence-corrected chi connectivity index (χ3v) is 2.91. The summed E-state index contributed by atoms with van der Waals surface area (Å²) in [6.07, 6.45) is 1.59. The van der Waals surface area contributed by atoms with Crippen molar-refractivity contribution in [1.29, 1.82) is 0 Å². The molecule has 0 spiro atoms. The van der Waals surface area contributed by atoms with E-state index < -0.39 is 0 Å². The molecule has 1 N–H and O–H groups in total. The second kappa shape index (κ2) is 8.35. The Morgan fingerprint density at radius 1 is 1.15 bits per heavy atom. The molecule has 0 radical (unpaired) electrons. The molecule has 0 bridgehead atoms. The summed E-state index contributed by atoms with van der Waals surface area (Å²) in [5.41, 5.74) is 2.27. The molecule has 0 unspecified atom stereocenters. The van der Waals surface area contributed by atoms with Crippen LogP contribution in [-0.4, -0.2) is 25.5 Å². The Balaban J connectivity index is 2.36. The average Bonchev–Trinajstić information content (AvgIpc) is 2.40. The molecule has 4 heteroatoms. The molecule has 110 valence electrons. The minimum absolute atomic E-state index is 0.0782. The molecular formula is C16H23NO3. The van der Waals surface area contributed by atoms with E-state index in [1.165, 1.54) is 12.7 Å². The van der Waals surface area contributed by atoms with Gasteiger partial charge in [-0.05, 0) is 23.5 Å². The van der Waals surface area contributed by atoms with Crippen molar-refractivity contribution in [3.8, 4) is 0 Å². The third-order valence-electron chi connectivity index (χ3n) is 2.91. The minimum Gasteiger partial charge on any atom is -0.469 e. The van der Waals surface area contributed by atoms with Crippen LogP contribution in [0.25, 0.3) is 0 Å². The van der Waals surface area contributed by atoms with E-state index in [1.807, 2.05) is 12.1 Å². The van der Waals surface area contributed by atoms with Crippen LogP contribution in [0.1, 0.15) is 31.4 Å². The lowest BCUT2D eigenvalue weighted by molar-refractivity contribution is -0.140. The maximum atomic E-state index is 11.7. The molecule has 0 aliphatic rings. The standard InChI is InChI=1S/C16H23NO3/c1-12(2)10-13-4-6-14(7-5-13)11-15(18)17-9-8-16(19)20-3/h4-7,12H,8-11H2,1-3H3,(H,17,18). The van der Waals surface area contributed by atoms with Crippen molar-refractivity contribution in [1.82, 2.24) is 5.32 Å². The minimum atomic E-state index is -0.316. The van der Waals surface area contributed by atoms with Crippen LogP contribution in [0.2, 0.25) is 0 Å². The Bertz CT molecular complexity index is 438. The molecule has 0 aliphatic carbocycles. The predicted molar refractivity (Wildman–Crippen MR) is 78.3 cm³/mol. The second-order valence-corrected chi connectivity index (χ2v) is 5.27. The molecular weight excluding hydrogens is 254 g/mol. The Morgan fingerprint density at radius 3 is 2.30 bits per heavy atom. The second-order valence-electron chi connectivity index (χ2n) is 5.27. The van der Waals surface area contributed by atoms with Crippen LogP contribution in [-0.2, 0) is 27.2 Å². The van der Waals surface area contributed by atoms with E-state index in [9.17, 15) is 9.59 Å². The van der Waals surface area contributed by atoms with Crippen molar-refractivity contribution in [2.24, 2.45) is 5.92 Å². The molecule has 0 fully saturated rings. The molecule has 1 amide bonds. The highest BCUT2D eigenvalue weighted by Crippen LogP contribution is 2.10. The van der Waals surface area contributed by atoms with Gasteiger partial charge in [0.2, 0.25) is 5.91 Å². The number of methoxy groups -OCH3 is 1. The van der Waals surface area contributed by atoms with E-state index in [-0.39, 0.29) is 18.3 Å². The van der Waals surface area contributed by atoms with Crippen molar-refractivity contribution in [3.05, 3.63) is 35.4 Å². The van der Waals surface area contributed by atoms with Crippen molar-refractivity contribution in [2.75, 3.05) is 13.7 Å². The third kappa shape index (κ3) is 6.36. The number of hydrogen-bond acceptors (Lipinski definition) is 3. The van der Waals surface area contributed by atoms with E-state index >= 15 is 0 Å². The lowest BCUT2D eigenvalue weighted by Gasteiger charge is -2.07.